The molecule has 0 aliphatic heterocycles. The van der Waals surface area contributed by atoms with Crippen molar-refractivity contribution in [1.82, 2.24) is 0 Å². The Morgan fingerprint density at radius 2 is 0.893 bits per heavy atom. The highest BCUT2D eigenvalue weighted by atomic mass is 31.1. The van der Waals surface area contributed by atoms with Gasteiger partial charge in [-0.3, -0.25) is 0 Å². The molecule has 2 nitrogen and oxygen atoms in total. The van der Waals surface area contributed by atoms with Gasteiger partial charge in [-0.25, -0.2) is 0 Å². The van der Waals surface area contributed by atoms with Gasteiger partial charge in [-0.1, -0.05) is 60.7 Å². The minimum absolute atomic E-state index is 0.506. The van der Waals surface area contributed by atoms with Gasteiger partial charge in [0.25, 0.3) is 0 Å². The third-order valence-electron chi connectivity index (χ3n) is 5.41. The summed E-state index contributed by atoms with van der Waals surface area (Å²) in [6.07, 6.45) is 0. The molecular formula is C25H27N2P. The fourth-order valence-electron chi connectivity index (χ4n) is 4.04. The first-order valence-electron chi connectivity index (χ1n) is 9.61. The van der Waals surface area contributed by atoms with E-state index in [0.29, 0.717) is 0 Å². The molecule has 0 fully saturated rings. The third-order valence-corrected chi connectivity index (χ3v) is 7.60. The van der Waals surface area contributed by atoms with Crippen molar-refractivity contribution in [1.29, 1.82) is 0 Å². The minimum atomic E-state index is -0.506. The maximum atomic E-state index is 2.40. The van der Waals surface area contributed by atoms with Gasteiger partial charge in [0, 0.05) is 50.3 Å². The lowest BCUT2D eigenvalue weighted by Gasteiger charge is -2.24. The molecule has 0 unspecified atom stereocenters. The molecule has 0 spiro atoms. The van der Waals surface area contributed by atoms with Crippen LogP contribution in [-0.4, -0.2) is 34.9 Å². The number of hydrogen-bond acceptors (Lipinski definition) is 2. The Morgan fingerprint density at radius 3 is 1.25 bits per heavy atom. The highest BCUT2D eigenvalue weighted by molar-refractivity contribution is 7.73. The normalized spacial score (nSPS) is 11.4. The van der Waals surface area contributed by atoms with E-state index in [4.69, 9.17) is 0 Å². The largest absolute Gasteiger partial charge is 0.377 e. The van der Waals surface area contributed by atoms with Crippen molar-refractivity contribution < 1.29 is 0 Å². The molecule has 0 heterocycles. The predicted molar refractivity (Wildman–Crippen MR) is 129 cm³/mol. The second kappa shape index (κ2) is 7.45. The fraction of sp³-hybridized carbons (Fsp3) is 0.200. The molecule has 0 saturated heterocycles. The number of benzene rings is 4. The summed E-state index contributed by atoms with van der Waals surface area (Å²) >= 11 is 0. The van der Waals surface area contributed by atoms with E-state index in [1.54, 1.807) is 0 Å². The predicted octanol–water partition coefficient (Wildman–Crippen LogP) is 5.19. The SMILES string of the molecule is CN(C)c1cccc2cccc(P(C)c3cccc4cccc(N(C)C)c34)c12. The van der Waals surface area contributed by atoms with Gasteiger partial charge in [-0.2, -0.15) is 0 Å². The lowest BCUT2D eigenvalue weighted by atomic mass is 10.1. The molecule has 4 aromatic rings. The molecule has 0 aliphatic rings. The number of rotatable bonds is 4. The molecule has 0 aliphatic carbocycles. The van der Waals surface area contributed by atoms with Crippen LogP contribution in [0.3, 0.4) is 0 Å². The summed E-state index contributed by atoms with van der Waals surface area (Å²) in [4.78, 5) is 4.45. The Labute approximate surface area is 169 Å². The Morgan fingerprint density at radius 1 is 0.536 bits per heavy atom. The Kier molecular flexibility index (Phi) is 5.00. The molecule has 4 aromatic carbocycles. The summed E-state index contributed by atoms with van der Waals surface area (Å²) in [5.41, 5.74) is 2.58. The van der Waals surface area contributed by atoms with Crippen molar-refractivity contribution in [3.05, 3.63) is 72.8 Å². The zero-order valence-electron chi connectivity index (χ0n) is 17.3. The Hall–Kier alpha value is -2.57. The van der Waals surface area contributed by atoms with Crippen LogP contribution in [0.15, 0.2) is 72.8 Å². The maximum absolute atomic E-state index is 2.40. The molecule has 0 radical (unpaired) electrons. The van der Waals surface area contributed by atoms with Gasteiger partial charge in [0.2, 0.25) is 0 Å². The van der Waals surface area contributed by atoms with Crippen molar-refractivity contribution >= 4 is 51.5 Å². The van der Waals surface area contributed by atoms with Gasteiger partial charge in [-0.05, 0) is 48.1 Å². The molecule has 0 amide bonds. The van der Waals surface area contributed by atoms with Crippen LogP contribution in [0, 0.1) is 0 Å². The third kappa shape index (κ3) is 3.12. The molecule has 4 rings (SSSR count). The van der Waals surface area contributed by atoms with Crippen LogP contribution in [0.2, 0.25) is 0 Å². The topological polar surface area (TPSA) is 6.48 Å². The van der Waals surface area contributed by atoms with Crippen molar-refractivity contribution in [2.45, 2.75) is 0 Å². The Bertz CT molecular complexity index is 1050. The summed E-state index contributed by atoms with van der Waals surface area (Å²) in [7, 11) is 8.02. The van der Waals surface area contributed by atoms with Crippen LogP contribution in [0.5, 0.6) is 0 Å². The molecule has 3 heteroatoms. The van der Waals surface area contributed by atoms with Gasteiger partial charge in [0.1, 0.15) is 0 Å². The molecule has 0 atom stereocenters. The Balaban J connectivity index is 2.01. The molecule has 0 saturated carbocycles. The van der Waals surface area contributed by atoms with Crippen LogP contribution in [-0.2, 0) is 0 Å². The fourth-order valence-corrected chi connectivity index (χ4v) is 6.07. The lowest BCUT2D eigenvalue weighted by Crippen LogP contribution is -2.18. The van der Waals surface area contributed by atoms with E-state index >= 15 is 0 Å². The zero-order valence-corrected chi connectivity index (χ0v) is 18.2. The smallest absolute Gasteiger partial charge is 0.0447 e. The van der Waals surface area contributed by atoms with Gasteiger partial charge >= 0.3 is 0 Å². The van der Waals surface area contributed by atoms with Crippen molar-refractivity contribution in [2.24, 2.45) is 0 Å². The lowest BCUT2D eigenvalue weighted by molar-refractivity contribution is 1.14. The van der Waals surface area contributed by atoms with Gasteiger partial charge in [0.05, 0.1) is 0 Å². The van der Waals surface area contributed by atoms with Crippen LogP contribution >= 0.6 is 7.92 Å². The molecule has 142 valence electrons. The van der Waals surface area contributed by atoms with Gasteiger partial charge in [0.15, 0.2) is 0 Å². The van der Waals surface area contributed by atoms with Crippen LogP contribution in [0.4, 0.5) is 11.4 Å². The van der Waals surface area contributed by atoms with E-state index in [-0.39, 0.29) is 0 Å². The number of hydrogen-bond donors (Lipinski definition) is 0. The van der Waals surface area contributed by atoms with E-state index in [9.17, 15) is 0 Å². The summed E-state index contributed by atoms with van der Waals surface area (Å²) in [5.74, 6) is 0. The molecule has 0 aromatic heterocycles. The van der Waals surface area contributed by atoms with E-state index in [0.717, 1.165) is 0 Å². The second-order valence-electron chi connectivity index (χ2n) is 7.65. The van der Waals surface area contributed by atoms with Crippen LogP contribution < -0.4 is 20.4 Å². The zero-order chi connectivity index (χ0) is 19.8. The van der Waals surface area contributed by atoms with Crippen molar-refractivity contribution in [3.8, 4) is 0 Å². The molecule has 0 N–H and O–H groups in total. The van der Waals surface area contributed by atoms with E-state index in [1.807, 2.05) is 0 Å². The molecule has 0 bridgehead atoms. The van der Waals surface area contributed by atoms with Gasteiger partial charge in [-0.15, -0.1) is 0 Å². The monoisotopic (exact) mass is 386 g/mol. The van der Waals surface area contributed by atoms with Crippen LogP contribution in [0.1, 0.15) is 0 Å². The van der Waals surface area contributed by atoms with E-state index < -0.39 is 7.92 Å². The number of nitrogens with zero attached hydrogens (tertiary/aromatic N) is 2. The van der Waals surface area contributed by atoms with E-state index in [1.165, 1.54) is 43.5 Å². The highest BCUT2D eigenvalue weighted by Crippen LogP contribution is 2.39. The first-order chi connectivity index (χ1) is 13.5. The average Bonchev–Trinajstić information content (AvgIpc) is 2.71. The first-order valence-corrected chi connectivity index (χ1v) is 11.4. The minimum Gasteiger partial charge on any atom is -0.377 e. The number of anilines is 2. The molecule has 28 heavy (non-hydrogen) atoms. The molecular weight excluding hydrogens is 359 g/mol. The first kappa shape index (κ1) is 18.8. The highest BCUT2D eigenvalue weighted by Gasteiger charge is 2.18. The average molecular weight is 386 g/mol. The second-order valence-corrected chi connectivity index (χ2v) is 9.73. The quantitative estimate of drug-likeness (QED) is 0.446. The van der Waals surface area contributed by atoms with E-state index in [2.05, 4.69) is 117 Å². The van der Waals surface area contributed by atoms with Crippen LogP contribution in [0.25, 0.3) is 21.5 Å². The standard InChI is InChI=1S/C25H27N2P/c1-26(2)20-14-6-10-18-12-8-16-22(24(18)20)28(5)23-17-9-13-19-11-7-15-21(25(19)23)27(3)4/h6-17H,1-5H3. The maximum Gasteiger partial charge on any atom is 0.0447 e. The van der Waals surface area contributed by atoms with Crippen molar-refractivity contribution in [2.75, 3.05) is 44.7 Å². The van der Waals surface area contributed by atoms with Gasteiger partial charge < -0.3 is 9.80 Å². The summed E-state index contributed by atoms with van der Waals surface area (Å²) in [6.45, 7) is 2.40. The number of fused-ring (bicyclic) bond motifs is 2. The summed E-state index contributed by atoms with van der Waals surface area (Å²) < 4.78 is 0. The summed E-state index contributed by atoms with van der Waals surface area (Å²) in [5, 5.41) is 8.26. The van der Waals surface area contributed by atoms with Crippen molar-refractivity contribution in [3.63, 3.8) is 0 Å². The summed E-state index contributed by atoms with van der Waals surface area (Å²) in [6, 6.07) is 26.7.